The first kappa shape index (κ1) is 22.2. The summed E-state index contributed by atoms with van der Waals surface area (Å²) in [5.41, 5.74) is 0.612. The molecule has 0 aromatic heterocycles. The number of aliphatic hydroxyl groups excluding tert-OH is 2. The van der Waals surface area contributed by atoms with Crippen molar-refractivity contribution in [3.8, 4) is 0 Å². The van der Waals surface area contributed by atoms with Crippen LogP contribution in [0.3, 0.4) is 0 Å². The van der Waals surface area contributed by atoms with Gasteiger partial charge in [-0.1, -0.05) is 20.8 Å². The number of hydrogen-bond donors (Lipinski definition) is 3. The Bertz CT molecular complexity index is 692. The van der Waals surface area contributed by atoms with Crippen molar-refractivity contribution in [2.45, 2.75) is 116 Å². The highest BCUT2D eigenvalue weighted by Gasteiger charge is 2.62. The zero-order valence-corrected chi connectivity index (χ0v) is 20.0. The second-order valence-electron chi connectivity index (χ2n) is 12.8. The smallest absolute Gasteiger partial charge is 0.220 e. The molecule has 10 unspecified atom stereocenters. The molecule has 4 heteroatoms. The molecule has 5 aliphatic rings. The summed E-state index contributed by atoms with van der Waals surface area (Å²) in [5, 5.41) is 24.8. The minimum Gasteiger partial charge on any atom is -0.393 e. The molecule has 5 aliphatic carbocycles. The van der Waals surface area contributed by atoms with Crippen LogP contribution in [0.4, 0.5) is 0 Å². The molecule has 5 fully saturated rings. The molecule has 4 nitrogen and oxygen atoms in total. The molecule has 1 amide bonds. The summed E-state index contributed by atoms with van der Waals surface area (Å²) in [5.74, 6) is 3.66. The van der Waals surface area contributed by atoms with E-state index in [0.717, 1.165) is 44.9 Å². The Labute approximate surface area is 188 Å². The lowest BCUT2D eigenvalue weighted by molar-refractivity contribution is -0.174. The molecule has 5 rings (SSSR count). The van der Waals surface area contributed by atoms with Gasteiger partial charge in [0.1, 0.15) is 0 Å². The summed E-state index contributed by atoms with van der Waals surface area (Å²) in [7, 11) is 0. The first-order valence-electron chi connectivity index (χ1n) is 13.4. The van der Waals surface area contributed by atoms with E-state index in [1.165, 1.54) is 25.7 Å². The molecule has 176 valence electrons. The van der Waals surface area contributed by atoms with Crippen LogP contribution in [0.2, 0.25) is 0 Å². The van der Waals surface area contributed by atoms with E-state index in [1.54, 1.807) is 0 Å². The molecule has 10 atom stereocenters. The van der Waals surface area contributed by atoms with Crippen molar-refractivity contribution in [1.82, 2.24) is 5.32 Å². The normalized spacial score (nSPS) is 50.2. The van der Waals surface area contributed by atoms with Crippen molar-refractivity contribution in [2.75, 3.05) is 0 Å². The number of nitrogens with one attached hydrogen (secondary N) is 1. The fourth-order valence-electron chi connectivity index (χ4n) is 9.26. The van der Waals surface area contributed by atoms with Gasteiger partial charge in [0, 0.05) is 12.5 Å². The summed E-state index contributed by atoms with van der Waals surface area (Å²) >= 11 is 0. The van der Waals surface area contributed by atoms with Crippen molar-refractivity contribution in [2.24, 2.45) is 46.3 Å². The van der Waals surface area contributed by atoms with Crippen molar-refractivity contribution in [3.63, 3.8) is 0 Å². The van der Waals surface area contributed by atoms with Gasteiger partial charge in [0.25, 0.3) is 0 Å². The van der Waals surface area contributed by atoms with E-state index in [0.29, 0.717) is 58.8 Å². The molecular formula is C27H45NO3. The number of rotatable bonds is 5. The maximum absolute atomic E-state index is 12.2. The van der Waals surface area contributed by atoms with Gasteiger partial charge < -0.3 is 15.5 Å². The van der Waals surface area contributed by atoms with Gasteiger partial charge in [-0.2, -0.15) is 0 Å². The lowest BCUT2D eigenvalue weighted by Gasteiger charge is -2.62. The molecule has 0 aromatic rings. The fourth-order valence-corrected chi connectivity index (χ4v) is 9.26. The Hall–Kier alpha value is -0.610. The maximum Gasteiger partial charge on any atom is 0.220 e. The third kappa shape index (κ3) is 3.78. The summed E-state index contributed by atoms with van der Waals surface area (Å²) in [6.07, 6.45) is 12.5. The fraction of sp³-hybridized carbons (Fsp3) is 0.963. The number of hydrogen-bond acceptors (Lipinski definition) is 3. The number of aliphatic hydroxyl groups is 2. The SMILES string of the molecule is CC(CCC(=O)NC1CC1)C1CCC2C3C(O)CC4CC(O)CCC4(C)C3CCC12C. The topological polar surface area (TPSA) is 69.6 Å². The lowest BCUT2D eigenvalue weighted by Crippen LogP contribution is -2.58. The van der Waals surface area contributed by atoms with Crippen LogP contribution in [0.15, 0.2) is 0 Å². The van der Waals surface area contributed by atoms with Gasteiger partial charge in [0.15, 0.2) is 0 Å². The Morgan fingerprint density at radius 3 is 2.42 bits per heavy atom. The third-order valence-electron chi connectivity index (χ3n) is 11.2. The predicted molar refractivity (Wildman–Crippen MR) is 122 cm³/mol. The summed E-state index contributed by atoms with van der Waals surface area (Å²) in [4.78, 5) is 12.2. The molecule has 31 heavy (non-hydrogen) atoms. The third-order valence-corrected chi connectivity index (χ3v) is 11.2. The van der Waals surface area contributed by atoms with Crippen LogP contribution >= 0.6 is 0 Å². The highest BCUT2D eigenvalue weighted by atomic mass is 16.3. The van der Waals surface area contributed by atoms with Crippen molar-refractivity contribution in [1.29, 1.82) is 0 Å². The molecule has 5 saturated carbocycles. The van der Waals surface area contributed by atoms with Crippen molar-refractivity contribution < 1.29 is 15.0 Å². The van der Waals surface area contributed by atoms with Crippen LogP contribution in [-0.4, -0.2) is 34.4 Å². The van der Waals surface area contributed by atoms with Gasteiger partial charge in [0.2, 0.25) is 5.91 Å². The predicted octanol–water partition coefficient (Wildman–Crippen LogP) is 4.67. The van der Waals surface area contributed by atoms with Crippen molar-refractivity contribution >= 4 is 5.91 Å². The zero-order valence-electron chi connectivity index (χ0n) is 20.0. The van der Waals surface area contributed by atoms with E-state index in [2.05, 4.69) is 26.1 Å². The second kappa shape index (κ2) is 8.01. The summed E-state index contributed by atoms with van der Waals surface area (Å²) < 4.78 is 0. The van der Waals surface area contributed by atoms with E-state index in [4.69, 9.17) is 0 Å². The first-order chi connectivity index (χ1) is 14.7. The Morgan fingerprint density at radius 2 is 1.68 bits per heavy atom. The van der Waals surface area contributed by atoms with Crippen LogP contribution in [0.1, 0.15) is 97.8 Å². The van der Waals surface area contributed by atoms with Crippen molar-refractivity contribution in [3.05, 3.63) is 0 Å². The van der Waals surface area contributed by atoms with Crippen LogP contribution in [0.5, 0.6) is 0 Å². The first-order valence-corrected chi connectivity index (χ1v) is 13.4. The quantitative estimate of drug-likeness (QED) is 0.592. The molecular weight excluding hydrogens is 386 g/mol. The Kier molecular flexibility index (Phi) is 5.73. The average molecular weight is 432 g/mol. The van der Waals surface area contributed by atoms with Crippen LogP contribution in [0, 0.1) is 46.3 Å². The summed E-state index contributed by atoms with van der Waals surface area (Å²) in [6.45, 7) is 7.40. The zero-order chi connectivity index (χ0) is 22.0. The van der Waals surface area contributed by atoms with Gasteiger partial charge >= 0.3 is 0 Å². The van der Waals surface area contributed by atoms with E-state index in [1.807, 2.05) is 0 Å². The lowest BCUT2D eigenvalue weighted by atomic mass is 9.43. The minimum absolute atomic E-state index is 0.162. The molecule has 0 aromatic carbocycles. The second-order valence-corrected chi connectivity index (χ2v) is 12.8. The average Bonchev–Trinajstić information content (AvgIpc) is 3.46. The molecule has 0 bridgehead atoms. The van der Waals surface area contributed by atoms with Gasteiger partial charge in [-0.3, -0.25) is 4.79 Å². The maximum atomic E-state index is 12.2. The van der Waals surface area contributed by atoms with Gasteiger partial charge in [-0.05, 0) is 117 Å². The highest BCUT2D eigenvalue weighted by molar-refractivity contribution is 5.76. The largest absolute Gasteiger partial charge is 0.393 e. The molecule has 3 N–H and O–H groups in total. The van der Waals surface area contributed by atoms with Gasteiger partial charge in [-0.25, -0.2) is 0 Å². The number of amides is 1. The van der Waals surface area contributed by atoms with E-state index in [-0.39, 0.29) is 18.1 Å². The highest BCUT2D eigenvalue weighted by Crippen LogP contribution is 2.68. The molecule has 0 saturated heterocycles. The van der Waals surface area contributed by atoms with Crippen LogP contribution in [0.25, 0.3) is 0 Å². The molecule has 0 spiro atoms. The monoisotopic (exact) mass is 431 g/mol. The standard InChI is InChI=1S/C27H45NO3/c1-16(4-9-24(31)28-18-5-6-18)20-7-8-21-25-22(11-13-27(20,21)3)26(2)12-10-19(29)14-17(26)15-23(25)30/h16-23,25,29-30H,4-15H2,1-3H3,(H,28,31). The molecule has 0 aliphatic heterocycles. The van der Waals surface area contributed by atoms with E-state index < -0.39 is 0 Å². The van der Waals surface area contributed by atoms with Gasteiger partial charge in [0.05, 0.1) is 12.2 Å². The molecule has 0 radical (unpaired) electrons. The Balaban J connectivity index is 1.28. The summed E-state index contributed by atoms with van der Waals surface area (Å²) in [6, 6.07) is 0.463. The number of fused-ring (bicyclic) bond motifs is 5. The number of carbonyl (C=O) groups is 1. The van der Waals surface area contributed by atoms with Gasteiger partial charge in [-0.15, -0.1) is 0 Å². The molecule has 0 heterocycles. The van der Waals surface area contributed by atoms with E-state index in [9.17, 15) is 15.0 Å². The Morgan fingerprint density at radius 1 is 0.968 bits per heavy atom. The van der Waals surface area contributed by atoms with E-state index >= 15 is 0 Å². The minimum atomic E-state index is -0.198. The van der Waals surface area contributed by atoms with Crippen LogP contribution in [-0.2, 0) is 4.79 Å². The number of carbonyl (C=O) groups excluding carboxylic acids is 1. The van der Waals surface area contributed by atoms with Crippen LogP contribution < -0.4 is 5.32 Å².